The Morgan fingerprint density at radius 3 is 2.24 bits per heavy atom. The quantitative estimate of drug-likeness (QED) is 0.745. The first kappa shape index (κ1) is 16.3. The highest BCUT2D eigenvalue weighted by atomic mass is 79.9. The molecule has 0 saturated heterocycles. The van der Waals surface area contributed by atoms with Crippen LogP contribution in [0.5, 0.6) is 0 Å². The molecular weight excluding hydrogens is 322 g/mol. The van der Waals surface area contributed by atoms with Crippen LogP contribution in [-0.4, -0.2) is 7.05 Å². The maximum atomic E-state index is 3.58. The smallest absolute Gasteiger partial charge is 0.0577 e. The molecule has 2 aromatic rings. The van der Waals surface area contributed by atoms with Gasteiger partial charge >= 0.3 is 0 Å². The fraction of sp³-hybridized carbons (Fsp3) is 0.368. The number of hydrogen-bond donors (Lipinski definition) is 1. The molecule has 0 spiro atoms. The lowest BCUT2D eigenvalue weighted by Gasteiger charge is -2.20. The molecule has 112 valence electrons. The maximum Gasteiger partial charge on any atom is 0.0577 e. The summed E-state index contributed by atoms with van der Waals surface area (Å²) in [7, 11) is 2.02. The lowest BCUT2D eigenvalue weighted by Crippen LogP contribution is -2.18. The first-order chi connectivity index (χ1) is 10.1. The van der Waals surface area contributed by atoms with Crippen LogP contribution < -0.4 is 5.32 Å². The van der Waals surface area contributed by atoms with Crippen LogP contribution >= 0.6 is 15.9 Å². The molecule has 0 bridgehead atoms. The van der Waals surface area contributed by atoms with Crippen LogP contribution in [0.25, 0.3) is 0 Å². The van der Waals surface area contributed by atoms with Crippen LogP contribution in [0.15, 0.2) is 46.9 Å². The van der Waals surface area contributed by atoms with Crippen molar-refractivity contribution in [2.24, 2.45) is 0 Å². The van der Waals surface area contributed by atoms with Gasteiger partial charge in [0.05, 0.1) is 6.04 Å². The molecule has 0 fully saturated rings. The molecule has 2 heteroatoms. The first-order valence-corrected chi connectivity index (χ1v) is 8.39. The molecular formula is C19H24BrN. The molecule has 0 aromatic heterocycles. The second kappa shape index (κ2) is 7.24. The van der Waals surface area contributed by atoms with E-state index in [1.165, 1.54) is 28.7 Å². The molecule has 0 amide bonds. The average molecular weight is 346 g/mol. The minimum atomic E-state index is 0.230. The highest BCUT2D eigenvalue weighted by molar-refractivity contribution is 9.10. The second-order valence-corrected chi connectivity index (χ2v) is 6.61. The standard InChI is InChI=1S/C19H24BrN/c1-5-13(2)15-7-9-16(10-8-15)19(21-4)18-12-17(20)11-6-14(18)3/h6-13,19,21H,5H2,1-4H3. The van der Waals surface area contributed by atoms with Crippen LogP contribution in [0.1, 0.15) is 54.5 Å². The van der Waals surface area contributed by atoms with E-state index in [1.54, 1.807) is 0 Å². The number of rotatable bonds is 5. The molecule has 2 atom stereocenters. The van der Waals surface area contributed by atoms with Crippen molar-refractivity contribution in [3.63, 3.8) is 0 Å². The maximum absolute atomic E-state index is 3.58. The Labute approximate surface area is 136 Å². The summed E-state index contributed by atoms with van der Waals surface area (Å²) in [5.41, 5.74) is 5.36. The summed E-state index contributed by atoms with van der Waals surface area (Å²) in [6.07, 6.45) is 1.18. The van der Waals surface area contributed by atoms with E-state index in [4.69, 9.17) is 0 Å². The van der Waals surface area contributed by atoms with Gasteiger partial charge in [0.2, 0.25) is 0 Å². The van der Waals surface area contributed by atoms with Gasteiger partial charge in [0.1, 0.15) is 0 Å². The Balaban J connectivity index is 2.35. The minimum absolute atomic E-state index is 0.230. The molecule has 0 heterocycles. The predicted octanol–water partition coefficient (Wildman–Crippen LogP) is 5.58. The number of aryl methyl sites for hydroxylation is 1. The van der Waals surface area contributed by atoms with Crippen LogP contribution in [0.4, 0.5) is 0 Å². The molecule has 2 rings (SSSR count). The zero-order valence-electron chi connectivity index (χ0n) is 13.3. The number of benzene rings is 2. The van der Waals surface area contributed by atoms with Crippen molar-refractivity contribution in [1.82, 2.24) is 5.32 Å². The van der Waals surface area contributed by atoms with E-state index in [-0.39, 0.29) is 6.04 Å². The molecule has 1 N–H and O–H groups in total. The summed E-state index contributed by atoms with van der Waals surface area (Å²) in [6, 6.07) is 15.7. The van der Waals surface area contributed by atoms with Gasteiger partial charge < -0.3 is 5.32 Å². The normalized spacial score (nSPS) is 14.0. The zero-order valence-corrected chi connectivity index (χ0v) is 14.9. The van der Waals surface area contributed by atoms with Crippen molar-refractivity contribution in [3.05, 3.63) is 69.2 Å². The molecule has 0 aliphatic heterocycles. The molecule has 2 unspecified atom stereocenters. The Morgan fingerprint density at radius 2 is 1.67 bits per heavy atom. The van der Waals surface area contributed by atoms with Gasteiger partial charge in [-0.2, -0.15) is 0 Å². The van der Waals surface area contributed by atoms with Crippen molar-refractivity contribution < 1.29 is 0 Å². The first-order valence-electron chi connectivity index (χ1n) is 7.60. The largest absolute Gasteiger partial charge is 0.309 e. The Hall–Kier alpha value is -1.12. The lowest BCUT2D eigenvalue weighted by molar-refractivity contribution is 0.684. The van der Waals surface area contributed by atoms with Crippen molar-refractivity contribution in [2.75, 3.05) is 7.05 Å². The summed E-state index contributed by atoms with van der Waals surface area (Å²) in [4.78, 5) is 0. The van der Waals surface area contributed by atoms with E-state index in [1.807, 2.05) is 7.05 Å². The highest BCUT2D eigenvalue weighted by Crippen LogP contribution is 2.28. The Bertz CT molecular complexity index is 589. The van der Waals surface area contributed by atoms with E-state index in [9.17, 15) is 0 Å². The van der Waals surface area contributed by atoms with Gasteiger partial charge in [0.15, 0.2) is 0 Å². The fourth-order valence-corrected chi connectivity index (χ4v) is 3.06. The lowest BCUT2D eigenvalue weighted by atomic mass is 9.92. The van der Waals surface area contributed by atoms with Gasteiger partial charge in [0, 0.05) is 4.47 Å². The van der Waals surface area contributed by atoms with Crippen LogP contribution in [0.3, 0.4) is 0 Å². The number of halogens is 1. The SMILES string of the molecule is CCC(C)c1ccc(C(NC)c2cc(Br)ccc2C)cc1. The summed E-state index contributed by atoms with van der Waals surface area (Å²) < 4.78 is 1.12. The van der Waals surface area contributed by atoms with E-state index < -0.39 is 0 Å². The van der Waals surface area contributed by atoms with E-state index >= 15 is 0 Å². The van der Waals surface area contributed by atoms with Crippen LogP contribution in [0, 0.1) is 6.92 Å². The molecule has 0 aliphatic rings. The van der Waals surface area contributed by atoms with Gasteiger partial charge in [-0.1, -0.05) is 60.1 Å². The summed E-state index contributed by atoms with van der Waals surface area (Å²) in [5.74, 6) is 0.625. The van der Waals surface area contributed by atoms with Crippen molar-refractivity contribution >= 4 is 15.9 Å². The third-order valence-corrected chi connectivity index (χ3v) is 4.79. The van der Waals surface area contributed by atoms with E-state index in [0.717, 1.165) is 4.47 Å². The second-order valence-electron chi connectivity index (χ2n) is 5.70. The van der Waals surface area contributed by atoms with Gasteiger partial charge in [-0.25, -0.2) is 0 Å². The molecule has 0 saturated carbocycles. The number of nitrogens with one attached hydrogen (secondary N) is 1. The predicted molar refractivity (Wildman–Crippen MR) is 94.9 cm³/mol. The number of hydrogen-bond acceptors (Lipinski definition) is 1. The average Bonchev–Trinajstić information content (AvgIpc) is 2.51. The van der Waals surface area contributed by atoms with Gasteiger partial charge in [0.25, 0.3) is 0 Å². The van der Waals surface area contributed by atoms with Crippen molar-refractivity contribution in [2.45, 2.75) is 39.2 Å². The third-order valence-electron chi connectivity index (χ3n) is 4.29. The third kappa shape index (κ3) is 3.75. The van der Waals surface area contributed by atoms with Crippen molar-refractivity contribution in [3.8, 4) is 0 Å². The molecule has 0 radical (unpaired) electrons. The zero-order chi connectivity index (χ0) is 15.4. The molecule has 2 aromatic carbocycles. The molecule has 1 nitrogen and oxygen atoms in total. The monoisotopic (exact) mass is 345 g/mol. The van der Waals surface area contributed by atoms with Gasteiger partial charge in [-0.15, -0.1) is 0 Å². The van der Waals surface area contributed by atoms with Gasteiger partial charge in [-0.05, 0) is 60.7 Å². The summed E-state index contributed by atoms with van der Waals surface area (Å²) in [6.45, 7) is 6.68. The van der Waals surface area contributed by atoms with E-state index in [2.05, 4.69) is 84.5 Å². The van der Waals surface area contributed by atoms with Crippen molar-refractivity contribution in [1.29, 1.82) is 0 Å². The highest BCUT2D eigenvalue weighted by Gasteiger charge is 2.15. The molecule has 21 heavy (non-hydrogen) atoms. The Kier molecular flexibility index (Phi) is 5.60. The van der Waals surface area contributed by atoms with Crippen LogP contribution in [-0.2, 0) is 0 Å². The van der Waals surface area contributed by atoms with Gasteiger partial charge in [-0.3, -0.25) is 0 Å². The van der Waals surface area contributed by atoms with E-state index in [0.29, 0.717) is 5.92 Å². The Morgan fingerprint density at radius 1 is 1.05 bits per heavy atom. The summed E-state index contributed by atoms with van der Waals surface area (Å²) in [5, 5.41) is 3.44. The van der Waals surface area contributed by atoms with Crippen LogP contribution in [0.2, 0.25) is 0 Å². The summed E-state index contributed by atoms with van der Waals surface area (Å²) >= 11 is 3.58. The fourth-order valence-electron chi connectivity index (χ4n) is 2.68. The molecule has 0 aliphatic carbocycles. The topological polar surface area (TPSA) is 12.0 Å². The minimum Gasteiger partial charge on any atom is -0.309 e.